The molecule has 0 aliphatic carbocycles. The number of rotatable bonds is 9. The number of carbonyl (C=O) groups is 3. The van der Waals surface area contributed by atoms with Gasteiger partial charge in [0.25, 0.3) is 0 Å². The van der Waals surface area contributed by atoms with Gasteiger partial charge in [-0.05, 0) is 70.4 Å². The lowest BCUT2D eigenvalue weighted by Crippen LogP contribution is -2.49. The smallest absolute Gasteiger partial charge is 0.336 e. The molecule has 3 heterocycles. The molecule has 42 heavy (non-hydrogen) atoms. The van der Waals surface area contributed by atoms with E-state index in [2.05, 4.69) is 25.4 Å². The minimum atomic E-state index is -0.799. The van der Waals surface area contributed by atoms with Crippen LogP contribution in [-0.4, -0.2) is 109 Å². The summed E-state index contributed by atoms with van der Waals surface area (Å²) in [4.78, 5) is 47.6. The minimum absolute atomic E-state index is 0.288. The number of anilines is 1. The number of nitrogens with one attached hydrogen (secondary N) is 2. The van der Waals surface area contributed by atoms with Crippen LogP contribution >= 0.6 is 0 Å². The van der Waals surface area contributed by atoms with Crippen LogP contribution in [0.4, 0.5) is 10.5 Å². The predicted molar refractivity (Wildman–Crippen MR) is 163 cm³/mol. The van der Waals surface area contributed by atoms with Crippen LogP contribution in [0.5, 0.6) is 0 Å². The monoisotopic (exact) mass is 601 g/mol. The fourth-order valence-corrected chi connectivity index (χ4v) is 7.30. The number of nitrogens with zero attached hydrogens (tertiary/aromatic N) is 3. The van der Waals surface area contributed by atoms with E-state index in [4.69, 9.17) is 9.47 Å². The second kappa shape index (κ2) is 14.9. The van der Waals surface area contributed by atoms with E-state index in [-0.39, 0.29) is 11.6 Å². The molecule has 2 fully saturated rings. The summed E-state index contributed by atoms with van der Waals surface area (Å²) in [7, 11) is 1.96. The topological polar surface area (TPSA) is 130 Å². The van der Waals surface area contributed by atoms with E-state index in [1.54, 1.807) is 32.0 Å². The third-order valence-electron chi connectivity index (χ3n) is 8.41. The first kappa shape index (κ1) is 31.8. The number of hydrogen-bond donors (Lipinski definition) is 2. The fraction of sp³-hybridized carbons (Fsp3) is 0.600. The van der Waals surface area contributed by atoms with Gasteiger partial charge < -0.3 is 25.0 Å². The van der Waals surface area contributed by atoms with Crippen molar-refractivity contribution in [1.29, 1.82) is 0 Å². The molecule has 0 bridgehead atoms. The number of hydrogen-bond acceptors (Lipinski definition) is 9. The molecular weight excluding hydrogens is 558 g/mol. The van der Waals surface area contributed by atoms with Gasteiger partial charge in [0.1, 0.15) is 5.92 Å². The van der Waals surface area contributed by atoms with E-state index >= 15 is 0 Å². The lowest BCUT2D eigenvalue weighted by Gasteiger charge is -2.40. The zero-order valence-electron chi connectivity index (χ0n) is 25.0. The van der Waals surface area contributed by atoms with Crippen molar-refractivity contribution in [3.63, 3.8) is 0 Å². The molecule has 0 radical (unpaired) electrons. The Hall–Kier alpha value is -3.09. The molecule has 0 saturated carbocycles. The molecule has 2 atom stereocenters. The summed E-state index contributed by atoms with van der Waals surface area (Å²) in [6.45, 7) is 8.90. The number of esters is 2. The summed E-state index contributed by atoms with van der Waals surface area (Å²) >= 11 is 0. The highest BCUT2D eigenvalue weighted by atomic mass is 32.2. The molecule has 2 N–H and O–H groups in total. The van der Waals surface area contributed by atoms with Gasteiger partial charge in [-0.3, -0.25) is 18.9 Å². The number of urea groups is 1. The summed E-state index contributed by atoms with van der Waals surface area (Å²) in [5.41, 5.74) is 2.52. The first-order chi connectivity index (χ1) is 20.2. The molecule has 4 rings (SSSR count). The van der Waals surface area contributed by atoms with Crippen molar-refractivity contribution in [2.24, 2.45) is 10.9 Å². The van der Waals surface area contributed by atoms with Gasteiger partial charge in [0.2, 0.25) is 0 Å². The Bertz CT molecular complexity index is 1230. The molecule has 230 valence electrons. The molecule has 2 saturated heterocycles. The summed E-state index contributed by atoms with van der Waals surface area (Å²) in [5.74, 6) is -0.937. The van der Waals surface area contributed by atoms with Gasteiger partial charge in [-0.1, -0.05) is 12.1 Å². The largest absolute Gasteiger partial charge is 0.468 e. The Kier molecular flexibility index (Phi) is 11.3. The van der Waals surface area contributed by atoms with Gasteiger partial charge in [-0.25, -0.2) is 9.59 Å². The van der Waals surface area contributed by atoms with Crippen molar-refractivity contribution in [1.82, 2.24) is 15.1 Å². The SMILES string of the molecule is COC(=O)C1=C(C)N=C(C)C(C(=O)OC)C1c1cccc(NC(=O)NCCCN2CCC(N3CCS(=O)CC3)CC2)c1. The van der Waals surface area contributed by atoms with Gasteiger partial charge in [-0.2, -0.15) is 0 Å². The number of likely N-dealkylation sites (tertiary alicyclic amines) is 1. The zero-order valence-corrected chi connectivity index (χ0v) is 25.8. The highest BCUT2D eigenvalue weighted by molar-refractivity contribution is 7.85. The van der Waals surface area contributed by atoms with Crippen molar-refractivity contribution in [2.75, 3.05) is 70.3 Å². The van der Waals surface area contributed by atoms with Crippen LogP contribution in [0.25, 0.3) is 0 Å². The number of ether oxygens (including phenoxy) is 2. The number of methoxy groups -OCH3 is 2. The maximum atomic E-state index is 12.8. The van der Waals surface area contributed by atoms with Crippen LogP contribution in [0.3, 0.4) is 0 Å². The van der Waals surface area contributed by atoms with E-state index in [9.17, 15) is 18.6 Å². The Morgan fingerprint density at radius 1 is 1.05 bits per heavy atom. The molecule has 11 nitrogen and oxygen atoms in total. The normalized spacial score (nSPS) is 22.8. The summed E-state index contributed by atoms with van der Waals surface area (Å²) < 4.78 is 21.7. The number of aliphatic imine (C=N–C) groups is 1. The highest BCUT2D eigenvalue weighted by Crippen LogP contribution is 2.40. The molecule has 1 aromatic carbocycles. The molecule has 2 unspecified atom stereocenters. The van der Waals surface area contributed by atoms with Crippen molar-refractivity contribution in [3.8, 4) is 0 Å². The molecule has 3 aliphatic heterocycles. The molecule has 12 heteroatoms. The average Bonchev–Trinajstić information content (AvgIpc) is 2.99. The number of carbonyl (C=O) groups excluding carboxylic acids is 3. The minimum Gasteiger partial charge on any atom is -0.468 e. The van der Waals surface area contributed by atoms with Crippen LogP contribution in [0.15, 0.2) is 40.5 Å². The molecule has 1 aromatic rings. The van der Waals surface area contributed by atoms with Crippen LogP contribution in [0, 0.1) is 5.92 Å². The van der Waals surface area contributed by atoms with Crippen LogP contribution in [0.1, 0.15) is 44.6 Å². The van der Waals surface area contributed by atoms with E-state index in [1.807, 2.05) is 6.07 Å². The van der Waals surface area contributed by atoms with E-state index < -0.39 is 34.6 Å². The van der Waals surface area contributed by atoms with Gasteiger partial charge in [-0.15, -0.1) is 0 Å². The third-order valence-corrected chi connectivity index (χ3v) is 9.69. The standard InChI is InChI=1S/C30H43N5O6S/c1-20-25(28(36)40-3)27(26(21(2)32-20)29(37)41-4)22-7-5-8-23(19-22)33-30(38)31-11-6-12-34-13-9-24(10-14-34)35-15-17-42(39)18-16-35/h5,7-8,19,24-25,27H,6,9-18H2,1-4H3,(H2,31,33,38). The Labute approximate surface area is 250 Å². The molecule has 0 spiro atoms. The zero-order chi connectivity index (χ0) is 30.2. The molecular formula is C30H43N5O6S. The number of benzene rings is 1. The van der Waals surface area contributed by atoms with E-state index in [0.717, 1.165) is 63.5 Å². The van der Waals surface area contributed by atoms with Gasteiger partial charge in [0.05, 0.1) is 19.8 Å². The van der Waals surface area contributed by atoms with Crippen molar-refractivity contribution < 1.29 is 28.1 Å². The Balaban J connectivity index is 1.29. The Morgan fingerprint density at radius 3 is 2.43 bits per heavy atom. The van der Waals surface area contributed by atoms with E-state index in [0.29, 0.717) is 35.2 Å². The fourth-order valence-electron chi connectivity index (χ4n) is 6.22. The Morgan fingerprint density at radius 2 is 1.76 bits per heavy atom. The number of amides is 2. The van der Waals surface area contributed by atoms with Crippen LogP contribution in [0.2, 0.25) is 0 Å². The first-order valence-electron chi connectivity index (χ1n) is 14.6. The summed E-state index contributed by atoms with van der Waals surface area (Å²) in [6, 6.07) is 7.39. The highest BCUT2D eigenvalue weighted by Gasteiger charge is 2.42. The quantitative estimate of drug-likeness (QED) is 0.326. The average molecular weight is 602 g/mol. The van der Waals surface area contributed by atoms with E-state index in [1.165, 1.54) is 14.2 Å². The third kappa shape index (κ3) is 7.84. The van der Waals surface area contributed by atoms with Gasteiger partial charge >= 0.3 is 18.0 Å². The van der Waals surface area contributed by atoms with Crippen molar-refractivity contribution in [3.05, 3.63) is 41.1 Å². The van der Waals surface area contributed by atoms with Crippen molar-refractivity contribution in [2.45, 2.75) is 45.1 Å². The summed E-state index contributed by atoms with van der Waals surface area (Å²) in [5, 5.41) is 5.80. The molecule has 0 aromatic heterocycles. The van der Waals surface area contributed by atoms with Crippen LogP contribution in [-0.2, 0) is 29.9 Å². The van der Waals surface area contributed by atoms with Gasteiger partial charge in [0.15, 0.2) is 0 Å². The number of allylic oxidation sites excluding steroid dienone is 1. The van der Waals surface area contributed by atoms with Gasteiger partial charge in [0, 0.05) is 71.0 Å². The first-order valence-corrected chi connectivity index (χ1v) is 16.1. The second-order valence-electron chi connectivity index (χ2n) is 11.0. The number of piperidine rings is 1. The maximum Gasteiger partial charge on any atom is 0.336 e. The van der Waals surface area contributed by atoms with Crippen molar-refractivity contribution >= 4 is 40.2 Å². The maximum absolute atomic E-state index is 12.8. The van der Waals surface area contributed by atoms with Crippen LogP contribution < -0.4 is 10.6 Å². The summed E-state index contributed by atoms with van der Waals surface area (Å²) in [6.07, 6.45) is 3.11. The molecule has 2 amide bonds. The lowest BCUT2D eigenvalue weighted by molar-refractivity contribution is -0.143. The lowest BCUT2D eigenvalue weighted by atomic mass is 9.75. The second-order valence-corrected chi connectivity index (χ2v) is 12.7. The predicted octanol–water partition coefficient (Wildman–Crippen LogP) is 2.52. The molecule has 3 aliphatic rings.